The van der Waals surface area contributed by atoms with Gasteiger partial charge in [-0.05, 0) is 44.5 Å². The maximum absolute atomic E-state index is 4.43. The number of rotatable bonds is 5. The van der Waals surface area contributed by atoms with Gasteiger partial charge in [0.15, 0.2) is 0 Å². The Balaban J connectivity index is 1.59. The van der Waals surface area contributed by atoms with Crippen molar-refractivity contribution in [3.8, 4) is 0 Å². The summed E-state index contributed by atoms with van der Waals surface area (Å²) in [4.78, 5) is 2.63. The van der Waals surface area contributed by atoms with Crippen LogP contribution in [0.15, 0.2) is 42.7 Å². The first-order valence-corrected chi connectivity index (χ1v) is 9.52. The highest BCUT2D eigenvalue weighted by molar-refractivity contribution is 5.66. The lowest BCUT2D eigenvalue weighted by Gasteiger charge is -2.31. The van der Waals surface area contributed by atoms with Crippen molar-refractivity contribution in [3.63, 3.8) is 0 Å². The number of aryl methyl sites for hydroxylation is 1. The highest BCUT2D eigenvalue weighted by Crippen LogP contribution is 2.25. The fraction of sp³-hybridized carbons (Fsp3) is 0.450. The summed E-state index contributed by atoms with van der Waals surface area (Å²) in [7, 11) is 0. The summed E-state index contributed by atoms with van der Waals surface area (Å²) in [5.74, 6) is 0. The van der Waals surface area contributed by atoms with Crippen molar-refractivity contribution in [2.75, 3.05) is 25.0 Å². The zero-order valence-corrected chi connectivity index (χ0v) is 15.3. The highest BCUT2D eigenvalue weighted by Gasteiger charge is 2.21. The molecule has 0 bridgehead atoms. The van der Waals surface area contributed by atoms with Crippen molar-refractivity contribution in [3.05, 3.63) is 54.0 Å². The number of hydrogen-bond donors (Lipinski definition) is 1. The SMILES string of the molecule is Cc1cc(NCC(c2ccccc2)N2CCCCCC2)c2nncn2n1. The molecule has 1 aliphatic rings. The van der Waals surface area contributed by atoms with Gasteiger partial charge in [0, 0.05) is 6.54 Å². The van der Waals surface area contributed by atoms with Crippen molar-refractivity contribution in [2.24, 2.45) is 0 Å². The second-order valence-electron chi connectivity index (χ2n) is 7.06. The second-order valence-corrected chi connectivity index (χ2v) is 7.06. The van der Waals surface area contributed by atoms with E-state index in [1.807, 2.05) is 6.92 Å². The number of nitrogens with zero attached hydrogens (tertiary/aromatic N) is 5. The predicted molar refractivity (Wildman–Crippen MR) is 103 cm³/mol. The lowest BCUT2D eigenvalue weighted by Crippen LogP contribution is -2.34. The molecule has 4 rings (SSSR count). The Morgan fingerprint density at radius 1 is 1.08 bits per heavy atom. The largest absolute Gasteiger partial charge is 0.380 e. The summed E-state index contributed by atoms with van der Waals surface area (Å²) in [6.45, 7) is 5.16. The second kappa shape index (κ2) is 7.83. The average molecular weight is 350 g/mol. The Morgan fingerprint density at radius 2 is 1.85 bits per heavy atom. The molecule has 0 amide bonds. The number of aromatic nitrogens is 4. The van der Waals surface area contributed by atoms with E-state index >= 15 is 0 Å². The molecule has 1 aromatic carbocycles. The van der Waals surface area contributed by atoms with Gasteiger partial charge < -0.3 is 5.32 Å². The van der Waals surface area contributed by atoms with Gasteiger partial charge in [-0.1, -0.05) is 43.2 Å². The molecule has 1 aliphatic heterocycles. The molecule has 1 unspecified atom stereocenters. The molecule has 1 fully saturated rings. The van der Waals surface area contributed by atoms with E-state index in [0.717, 1.165) is 36.7 Å². The summed E-state index contributed by atoms with van der Waals surface area (Å²) in [6, 6.07) is 13.2. The van der Waals surface area contributed by atoms with Crippen LogP contribution in [0, 0.1) is 6.92 Å². The zero-order chi connectivity index (χ0) is 17.8. The molecule has 2 aromatic heterocycles. The Labute approximate surface area is 154 Å². The summed E-state index contributed by atoms with van der Waals surface area (Å²) < 4.78 is 1.74. The number of anilines is 1. The van der Waals surface area contributed by atoms with E-state index < -0.39 is 0 Å². The molecule has 3 aromatic rings. The molecular formula is C20H26N6. The first-order valence-electron chi connectivity index (χ1n) is 9.52. The highest BCUT2D eigenvalue weighted by atomic mass is 15.3. The minimum atomic E-state index is 0.353. The molecule has 3 heterocycles. The maximum Gasteiger partial charge on any atom is 0.200 e. The minimum absolute atomic E-state index is 0.353. The number of nitrogens with one attached hydrogen (secondary N) is 1. The fourth-order valence-corrected chi connectivity index (χ4v) is 3.83. The topological polar surface area (TPSA) is 58.3 Å². The van der Waals surface area contributed by atoms with Gasteiger partial charge in [0.2, 0.25) is 5.65 Å². The Hall–Kier alpha value is -2.47. The molecule has 1 saturated heterocycles. The van der Waals surface area contributed by atoms with E-state index in [-0.39, 0.29) is 0 Å². The molecule has 26 heavy (non-hydrogen) atoms. The lowest BCUT2D eigenvalue weighted by molar-refractivity contribution is 0.213. The molecule has 136 valence electrons. The van der Waals surface area contributed by atoms with E-state index in [0.29, 0.717) is 6.04 Å². The average Bonchev–Trinajstić information content (AvgIpc) is 2.96. The molecular weight excluding hydrogens is 324 g/mol. The zero-order valence-electron chi connectivity index (χ0n) is 15.3. The van der Waals surface area contributed by atoms with Crippen LogP contribution in [0.5, 0.6) is 0 Å². The first-order chi connectivity index (χ1) is 12.8. The third kappa shape index (κ3) is 3.70. The van der Waals surface area contributed by atoms with Crippen LogP contribution in [0.25, 0.3) is 5.65 Å². The van der Waals surface area contributed by atoms with Crippen LogP contribution in [-0.2, 0) is 0 Å². The normalized spacial score (nSPS) is 17.1. The number of fused-ring (bicyclic) bond motifs is 1. The standard InChI is InChI=1S/C20H26N6/c1-16-13-18(20-23-22-15-26(20)24-16)21-14-19(17-9-5-4-6-10-17)25-11-7-2-3-8-12-25/h4-6,9-10,13,15,19,21H,2-3,7-8,11-12,14H2,1H3. The minimum Gasteiger partial charge on any atom is -0.380 e. The van der Waals surface area contributed by atoms with E-state index in [1.165, 1.54) is 31.2 Å². The van der Waals surface area contributed by atoms with Gasteiger partial charge in [-0.25, -0.2) is 0 Å². The van der Waals surface area contributed by atoms with Crippen LogP contribution in [0.3, 0.4) is 0 Å². The van der Waals surface area contributed by atoms with Gasteiger partial charge in [-0.15, -0.1) is 10.2 Å². The molecule has 1 atom stereocenters. The summed E-state index contributed by atoms with van der Waals surface area (Å²) in [5.41, 5.74) is 4.08. The van der Waals surface area contributed by atoms with Crippen LogP contribution in [0.4, 0.5) is 5.69 Å². The Kier molecular flexibility index (Phi) is 5.11. The number of benzene rings is 1. The summed E-state index contributed by atoms with van der Waals surface area (Å²) >= 11 is 0. The van der Waals surface area contributed by atoms with Crippen LogP contribution in [-0.4, -0.2) is 44.3 Å². The van der Waals surface area contributed by atoms with Crippen LogP contribution in [0.2, 0.25) is 0 Å². The Bertz CT molecular complexity index is 836. The molecule has 0 spiro atoms. The fourth-order valence-electron chi connectivity index (χ4n) is 3.83. The summed E-state index contributed by atoms with van der Waals surface area (Å²) in [5, 5.41) is 16.3. The first kappa shape index (κ1) is 17.0. The van der Waals surface area contributed by atoms with Gasteiger partial charge >= 0.3 is 0 Å². The third-order valence-electron chi connectivity index (χ3n) is 5.14. The molecule has 6 heteroatoms. The van der Waals surface area contributed by atoms with Crippen molar-refractivity contribution in [1.29, 1.82) is 0 Å². The van der Waals surface area contributed by atoms with Gasteiger partial charge in [-0.2, -0.15) is 9.61 Å². The van der Waals surface area contributed by atoms with E-state index in [1.54, 1.807) is 10.8 Å². The van der Waals surface area contributed by atoms with Gasteiger partial charge in [0.1, 0.15) is 6.33 Å². The molecule has 6 nitrogen and oxygen atoms in total. The predicted octanol–water partition coefficient (Wildman–Crippen LogP) is 3.46. The van der Waals surface area contributed by atoms with E-state index in [4.69, 9.17) is 0 Å². The molecule has 0 radical (unpaired) electrons. The van der Waals surface area contributed by atoms with Gasteiger partial charge in [0.25, 0.3) is 0 Å². The van der Waals surface area contributed by atoms with Crippen molar-refractivity contribution < 1.29 is 0 Å². The van der Waals surface area contributed by atoms with Crippen LogP contribution < -0.4 is 5.32 Å². The third-order valence-corrected chi connectivity index (χ3v) is 5.14. The quantitative estimate of drug-likeness (QED) is 0.764. The van der Waals surface area contributed by atoms with Gasteiger partial charge in [-0.3, -0.25) is 4.90 Å². The van der Waals surface area contributed by atoms with E-state index in [9.17, 15) is 0 Å². The van der Waals surface area contributed by atoms with Gasteiger partial charge in [0.05, 0.1) is 17.4 Å². The van der Waals surface area contributed by atoms with Crippen LogP contribution >= 0.6 is 0 Å². The molecule has 0 aliphatic carbocycles. The maximum atomic E-state index is 4.43. The smallest absolute Gasteiger partial charge is 0.200 e. The Morgan fingerprint density at radius 3 is 2.62 bits per heavy atom. The lowest BCUT2D eigenvalue weighted by atomic mass is 10.0. The van der Waals surface area contributed by atoms with Crippen molar-refractivity contribution >= 4 is 11.3 Å². The molecule has 1 N–H and O–H groups in total. The van der Waals surface area contributed by atoms with Crippen molar-refractivity contribution in [2.45, 2.75) is 38.6 Å². The number of likely N-dealkylation sites (tertiary alicyclic amines) is 1. The number of hydrogen-bond acceptors (Lipinski definition) is 5. The van der Waals surface area contributed by atoms with E-state index in [2.05, 4.69) is 61.9 Å². The van der Waals surface area contributed by atoms with Crippen LogP contribution in [0.1, 0.15) is 43.0 Å². The molecule has 0 saturated carbocycles. The summed E-state index contributed by atoms with van der Waals surface area (Å²) in [6.07, 6.45) is 6.90. The monoisotopic (exact) mass is 350 g/mol. The van der Waals surface area contributed by atoms with Crippen molar-refractivity contribution in [1.82, 2.24) is 24.7 Å².